The van der Waals surface area contributed by atoms with Crippen LogP contribution in [0.4, 0.5) is 10.5 Å². The van der Waals surface area contributed by atoms with Crippen molar-refractivity contribution in [3.05, 3.63) is 81.4 Å². The largest absolute Gasteiger partial charge is 0.495 e. The number of ether oxygens (including phenoxy) is 5. The maximum absolute atomic E-state index is 14.4. The molecule has 456 valence electrons. The predicted octanol–water partition coefficient (Wildman–Crippen LogP) is 5.06. The fourth-order valence-corrected chi connectivity index (χ4v) is 12.8. The van der Waals surface area contributed by atoms with Crippen molar-refractivity contribution in [2.75, 3.05) is 58.6 Å². The number of esters is 1. The van der Waals surface area contributed by atoms with Gasteiger partial charge in [-0.3, -0.25) is 48.6 Å². The molecule has 1 aliphatic carbocycles. The Balaban J connectivity index is 0.895. The van der Waals surface area contributed by atoms with Crippen LogP contribution >= 0.6 is 23.4 Å². The van der Waals surface area contributed by atoms with Crippen molar-refractivity contribution in [1.82, 2.24) is 25.8 Å². The molecule has 4 N–H and O–H groups in total. The van der Waals surface area contributed by atoms with Gasteiger partial charge >= 0.3 is 12.1 Å². The van der Waals surface area contributed by atoms with Gasteiger partial charge in [-0.2, -0.15) is 0 Å². The number of likely N-dealkylation sites (tertiary alicyclic amines) is 1. The average Bonchev–Trinajstić information content (AvgIpc) is 4.30. The number of carbonyl (C=O) groups excluding carboxylic acids is 10. The monoisotopic (exact) mass is 1200 g/mol. The van der Waals surface area contributed by atoms with Crippen molar-refractivity contribution in [3.63, 3.8) is 0 Å². The summed E-state index contributed by atoms with van der Waals surface area (Å²) in [6.07, 6.45) is 4.64. The smallest absolute Gasteiger partial charge is 0.409 e. The second-order valence-corrected chi connectivity index (χ2v) is 24.3. The Labute approximate surface area is 498 Å². The van der Waals surface area contributed by atoms with Gasteiger partial charge in [0.05, 0.1) is 30.6 Å². The summed E-state index contributed by atoms with van der Waals surface area (Å²) < 4.78 is 29.5. The first-order valence-electron chi connectivity index (χ1n) is 28.3. The number of rotatable bonds is 20. The number of hydrogen-bond donors (Lipinski definition) is 4. The molecule has 9 atom stereocenters. The van der Waals surface area contributed by atoms with Crippen molar-refractivity contribution in [2.45, 2.75) is 145 Å². The van der Waals surface area contributed by atoms with E-state index in [2.05, 4.69) is 16.0 Å². The minimum Gasteiger partial charge on any atom is -0.495 e. The molecule has 7 amide bonds. The molecule has 7 unspecified atom stereocenters. The quantitative estimate of drug-likeness (QED) is 0.0583. The number of aliphatic hydroxyl groups is 1. The Kier molecular flexibility index (Phi) is 22.0. The molecule has 4 aliphatic heterocycles. The van der Waals surface area contributed by atoms with Crippen LogP contribution in [0.1, 0.15) is 117 Å². The molecular formula is C60H77ClN6O16S. The number of amides is 7. The molecule has 0 aromatic heterocycles. The van der Waals surface area contributed by atoms with Crippen molar-refractivity contribution < 1.29 is 76.7 Å². The van der Waals surface area contributed by atoms with Gasteiger partial charge in [-0.1, -0.05) is 54.5 Å². The number of halogens is 1. The van der Waals surface area contributed by atoms with Gasteiger partial charge < -0.3 is 49.2 Å². The third-order valence-electron chi connectivity index (χ3n) is 16.8. The number of nitrogens with one attached hydrogen (secondary N) is 3. The molecule has 4 heterocycles. The molecule has 4 bridgehead atoms. The number of imide groups is 1. The third-order valence-corrected chi connectivity index (χ3v) is 18.4. The van der Waals surface area contributed by atoms with Gasteiger partial charge in [0, 0.05) is 95.2 Å². The molecular weight excluding hydrogens is 1130 g/mol. The Bertz CT molecular complexity index is 2920. The average molecular weight is 1210 g/mol. The second-order valence-electron chi connectivity index (χ2n) is 22.6. The van der Waals surface area contributed by atoms with Gasteiger partial charge in [0.1, 0.15) is 40.7 Å². The van der Waals surface area contributed by atoms with Crippen LogP contribution < -0.4 is 25.6 Å². The fourth-order valence-electron chi connectivity index (χ4n) is 11.4. The highest BCUT2D eigenvalue weighted by molar-refractivity contribution is 8.00. The predicted molar refractivity (Wildman–Crippen MR) is 310 cm³/mol. The lowest BCUT2D eigenvalue weighted by Gasteiger charge is -2.42. The SMILES string of the molecule is COc1cc2cc(c1Cl)N(C)C(=O)C[C@H](OC(=O)[C@H](C)N(C)C(=O)CCSC1CC(=O)N(CCNC(=O)C3CCC(CNC(=O)CCc4ccc(C=O)c(C=O)c4)CC3)C1=O)C1(C)OC1C(C)C1CC(O)(NC(=O)O1)C(OC)/C=C/C=C(\C)C2. The van der Waals surface area contributed by atoms with Crippen LogP contribution in [0.25, 0.3) is 0 Å². The van der Waals surface area contributed by atoms with E-state index in [0.29, 0.717) is 61.8 Å². The zero-order valence-electron chi connectivity index (χ0n) is 48.8. The van der Waals surface area contributed by atoms with Crippen LogP contribution in [0.15, 0.2) is 54.1 Å². The molecule has 22 nitrogen and oxygen atoms in total. The van der Waals surface area contributed by atoms with Gasteiger partial charge in [-0.05, 0) is 94.5 Å². The molecule has 7 rings (SSSR count). The summed E-state index contributed by atoms with van der Waals surface area (Å²) >= 11 is 7.97. The molecule has 1 saturated carbocycles. The van der Waals surface area contributed by atoms with E-state index < -0.39 is 95.1 Å². The summed E-state index contributed by atoms with van der Waals surface area (Å²) in [4.78, 5) is 133. The number of alkyl carbamates (subject to hydrolysis) is 1. The van der Waals surface area contributed by atoms with Crippen LogP contribution in [0.2, 0.25) is 5.02 Å². The van der Waals surface area contributed by atoms with Gasteiger partial charge in [0.25, 0.3) is 0 Å². The lowest BCUT2D eigenvalue weighted by atomic mass is 9.81. The number of carbonyl (C=O) groups is 10. The van der Waals surface area contributed by atoms with Gasteiger partial charge in [-0.25, -0.2) is 9.59 Å². The zero-order valence-corrected chi connectivity index (χ0v) is 50.3. The first-order valence-corrected chi connectivity index (χ1v) is 29.7. The van der Waals surface area contributed by atoms with E-state index in [1.54, 1.807) is 56.3 Å². The summed E-state index contributed by atoms with van der Waals surface area (Å²) in [6, 6.07) is 7.25. The lowest BCUT2D eigenvalue weighted by Crippen LogP contribution is -2.63. The highest BCUT2D eigenvalue weighted by atomic mass is 35.5. The summed E-state index contributed by atoms with van der Waals surface area (Å²) in [5, 5.41) is 19.6. The molecule has 24 heteroatoms. The maximum Gasteiger partial charge on any atom is 0.409 e. The molecule has 2 aromatic carbocycles. The fraction of sp³-hybridized carbons (Fsp3) is 0.567. The van der Waals surface area contributed by atoms with Crippen molar-refractivity contribution >= 4 is 89.1 Å². The number of allylic oxidation sites excluding steroid dienone is 3. The van der Waals surface area contributed by atoms with E-state index in [9.17, 15) is 53.1 Å². The highest BCUT2D eigenvalue weighted by Crippen LogP contribution is 2.49. The van der Waals surface area contributed by atoms with Crippen LogP contribution in [0, 0.1) is 17.8 Å². The molecule has 5 aliphatic rings. The van der Waals surface area contributed by atoms with Crippen LogP contribution in [-0.4, -0.2) is 176 Å². The number of aryl methyl sites for hydroxylation is 1. The lowest BCUT2D eigenvalue weighted by molar-refractivity contribution is -0.162. The number of hydrogen-bond acceptors (Lipinski definition) is 17. The summed E-state index contributed by atoms with van der Waals surface area (Å²) in [6.45, 7) is 7.34. The van der Waals surface area contributed by atoms with E-state index >= 15 is 0 Å². The molecule has 2 aromatic rings. The summed E-state index contributed by atoms with van der Waals surface area (Å²) in [5.41, 5.74) is 0.110. The summed E-state index contributed by atoms with van der Waals surface area (Å²) in [7, 11) is 5.84. The number of thioether (sulfide) groups is 1. The van der Waals surface area contributed by atoms with Gasteiger partial charge in [0.2, 0.25) is 35.4 Å². The molecule has 4 fully saturated rings. The number of fused-ring (bicyclic) bond motifs is 5. The van der Waals surface area contributed by atoms with Crippen molar-refractivity contribution in [2.24, 2.45) is 17.8 Å². The number of aldehydes is 2. The van der Waals surface area contributed by atoms with E-state index in [0.717, 1.165) is 46.2 Å². The molecule has 3 saturated heterocycles. The van der Waals surface area contributed by atoms with Crippen LogP contribution in [0.5, 0.6) is 5.75 Å². The molecule has 84 heavy (non-hydrogen) atoms. The molecule has 0 radical (unpaired) electrons. The van der Waals surface area contributed by atoms with Crippen molar-refractivity contribution in [3.8, 4) is 5.75 Å². The maximum atomic E-state index is 14.4. The normalized spacial score (nSPS) is 28.5. The number of anilines is 1. The van der Waals surface area contributed by atoms with Gasteiger partial charge in [0.15, 0.2) is 18.3 Å². The Morgan fingerprint density at radius 3 is 2.42 bits per heavy atom. The van der Waals surface area contributed by atoms with E-state index in [-0.39, 0.29) is 78.8 Å². The topological polar surface area (TPSA) is 286 Å². The number of benzene rings is 2. The minimum atomic E-state index is -1.90. The Hall–Kier alpha value is -6.66. The first kappa shape index (κ1) is 64.9. The third kappa shape index (κ3) is 15.6. The van der Waals surface area contributed by atoms with Crippen LogP contribution in [0.3, 0.4) is 0 Å². The number of epoxide rings is 1. The summed E-state index contributed by atoms with van der Waals surface area (Å²) in [5.74, 6) is -3.12. The van der Waals surface area contributed by atoms with Gasteiger partial charge in [-0.15, -0.1) is 11.8 Å². The number of likely N-dealkylation sites (N-methyl/N-ethyl adjacent to an activating group) is 1. The second kappa shape index (κ2) is 28.5. The Morgan fingerprint density at radius 2 is 1.73 bits per heavy atom. The highest BCUT2D eigenvalue weighted by Gasteiger charge is 2.64. The first-order chi connectivity index (χ1) is 39.9. The molecule has 0 spiro atoms. The van der Waals surface area contributed by atoms with Crippen LogP contribution in [-0.2, 0) is 65.4 Å². The van der Waals surface area contributed by atoms with E-state index in [1.165, 1.54) is 45.0 Å². The number of methoxy groups -OCH3 is 2. The minimum absolute atomic E-state index is 0.0117. The Morgan fingerprint density at radius 1 is 1.00 bits per heavy atom. The van der Waals surface area contributed by atoms with E-state index in [4.69, 9.17) is 35.3 Å². The number of nitrogens with zero attached hydrogens (tertiary/aromatic N) is 3. The standard InChI is InChI=1S/C60H77ClN6O16S/c1-34-10-9-11-47(80-8)60(78)30-45(81-58(77)64-60)35(2)54-59(4,83-54)48(29-51(72)66(6)43-26-39(24-34)27-44(79-7)53(43)61)82-57(76)36(3)65(5)50(71)20-23-84-46-28-52(73)67(56(46)75)22-21-62-55(74)40-16-13-38(14-17-40)31-63-49(70)19-15-37-12-18-41(32-68)42(25-37)33-69/h9-12,18,25-27,32-33,35-36,38,40,45-48,54,78H,13-17,19-24,28-31H2,1-8H3,(H,62,74)(H,63,70)(H,64,77)/b11-9+,34-10+/t35?,36-,38?,40?,45?,46?,47?,48-,54?,59?,60?/m0/s1. The zero-order chi connectivity index (χ0) is 61.2. The van der Waals surface area contributed by atoms with E-state index in [1.807, 2.05) is 13.0 Å². The van der Waals surface area contributed by atoms with Crippen molar-refractivity contribution in [1.29, 1.82) is 0 Å².